The first-order valence-electron chi connectivity index (χ1n) is 8.90. The van der Waals surface area contributed by atoms with Crippen molar-refractivity contribution in [1.82, 2.24) is 4.90 Å². The first-order valence-corrected chi connectivity index (χ1v) is 9.65. The van der Waals surface area contributed by atoms with E-state index >= 15 is 0 Å². The first kappa shape index (κ1) is 20.2. The smallest absolute Gasteiger partial charge is 0.331 e. The third-order valence-electron chi connectivity index (χ3n) is 4.43. The molecule has 0 unspecified atom stereocenters. The van der Waals surface area contributed by atoms with E-state index in [0.29, 0.717) is 36.2 Å². The topological polar surface area (TPSA) is 49.9 Å². The number of esters is 1. The van der Waals surface area contributed by atoms with Crippen LogP contribution in [0.2, 0.25) is 10.0 Å². The molecule has 1 amide bonds. The van der Waals surface area contributed by atoms with Gasteiger partial charge in [0.05, 0.1) is 0 Å². The zero-order valence-corrected chi connectivity index (χ0v) is 16.7. The molecule has 7 heteroatoms. The third kappa shape index (κ3) is 5.75. The van der Waals surface area contributed by atoms with Gasteiger partial charge < -0.3 is 14.5 Å². The lowest BCUT2D eigenvalue weighted by molar-refractivity contribution is -0.148. The second-order valence-electron chi connectivity index (χ2n) is 6.34. The Balaban J connectivity index is 1.43. The monoisotopic (exact) mass is 418 g/mol. The van der Waals surface area contributed by atoms with Gasteiger partial charge in [0, 0.05) is 48.0 Å². The Hall–Kier alpha value is -2.50. The molecule has 0 aliphatic carbocycles. The maximum absolute atomic E-state index is 12.3. The number of carbonyl (C=O) groups excluding carboxylic acids is 2. The van der Waals surface area contributed by atoms with E-state index in [9.17, 15) is 9.59 Å². The van der Waals surface area contributed by atoms with Gasteiger partial charge in [-0.1, -0.05) is 41.4 Å². The molecule has 1 heterocycles. The number of piperazine rings is 1. The molecule has 0 N–H and O–H groups in total. The van der Waals surface area contributed by atoms with Crippen molar-refractivity contribution in [1.29, 1.82) is 0 Å². The highest BCUT2D eigenvalue weighted by atomic mass is 35.5. The Bertz CT molecular complexity index is 860. The summed E-state index contributed by atoms with van der Waals surface area (Å²) in [6, 6.07) is 14.7. The number of hydrogen-bond acceptors (Lipinski definition) is 4. The lowest BCUT2D eigenvalue weighted by atomic mass is 10.2. The number of amides is 1. The number of anilines is 1. The van der Waals surface area contributed by atoms with Crippen molar-refractivity contribution in [3.63, 3.8) is 0 Å². The van der Waals surface area contributed by atoms with Crippen LogP contribution in [0.15, 0.2) is 54.6 Å². The minimum Gasteiger partial charge on any atom is -0.452 e. The van der Waals surface area contributed by atoms with Crippen molar-refractivity contribution >= 4 is 46.8 Å². The average Bonchev–Trinajstić information content (AvgIpc) is 2.71. The van der Waals surface area contributed by atoms with Gasteiger partial charge in [-0.2, -0.15) is 0 Å². The number of ether oxygens (including phenoxy) is 1. The van der Waals surface area contributed by atoms with E-state index in [4.69, 9.17) is 27.9 Å². The summed E-state index contributed by atoms with van der Waals surface area (Å²) in [5.41, 5.74) is 1.86. The maximum atomic E-state index is 12.3. The van der Waals surface area contributed by atoms with Gasteiger partial charge in [-0.05, 0) is 42.0 Å². The van der Waals surface area contributed by atoms with E-state index in [1.54, 1.807) is 35.2 Å². The summed E-state index contributed by atoms with van der Waals surface area (Å²) < 4.78 is 5.06. The summed E-state index contributed by atoms with van der Waals surface area (Å²) in [7, 11) is 0. The highest BCUT2D eigenvalue weighted by Crippen LogP contribution is 2.20. The Morgan fingerprint density at radius 1 is 0.964 bits per heavy atom. The van der Waals surface area contributed by atoms with Gasteiger partial charge in [-0.25, -0.2) is 4.79 Å². The highest BCUT2D eigenvalue weighted by Gasteiger charge is 2.22. The molecular formula is C21H20Cl2N2O3. The molecule has 1 fully saturated rings. The number of halogens is 2. The van der Waals surface area contributed by atoms with Crippen LogP contribution in [0.4, 0.5) is 5.69 Å². The van der Waals surface area contributed by atoms with Gasteiger partial charge in [0.25, 0.3) is 5.91 Å². The summed E-state index contributed by atoms with van der Waals surface area (Å²) >= 11 is 11.9. The molecule has 146 valence electrons. The molecular weight excluding hydrogens is 399 g/mol. The molecule has 0 saturated carbocycles. The maximum Gasteiger partial charge on any atom is 0.331 e. The minimum absolute atomic E-state index is 0.195. The van der Waals surface area contributed by atoms with Crippen molar-refractivity contribution in [3.05, 3.63) is 70.2 Å². The van der Waals surface area contributed by atoms with Crippen LogP contribution in [0.25, 0.3) is 6.08 Å². The number of nitrogens with zero attached hydrogens (tertiary/aromatic N) is 2. The van der Waals surface area contributed by atoms with Crippen LogP contribution in [0.5, 0.6) is 0 Å². The van der Waals surface area contributed by atoms with Crippen LogP contribution in [-0.2, 0) is 14.3 Å². The molecule has 1 aliphatic heterocycles. The Morgan fingerprint density at radius 3 is 2.36 bits per heavy atom. The summed E-state index contributed by atoms with van der Waals surface area (Å²) in [4.78, 5) is 28.0. The number of benzene rings is 2. The van der Waals surface area contributed by atoms with E-state index in [-0.39, 0.29) is 12.5 Å². The van der Waals surface area contributed by atoms with E-state index in [0.717, 1.165) is 11.3 Å². The zero-order valence-electron chi connectivity index (χ0n) is 15.2. The average molecular weight is 419 g/mol. The summed E-state index contributed by atoms with van der Waals surface area (Å²) in [5.74, 6) is -0.750. The standard InChI is InChI=1S/C21H20Cl2N2O3/c22-17-7-4-16(5-8-17)6-9-21(27)28-15-20(26)25-12-10-24(11-13-25)19-3-1-2-18(23)14-19/h1-9,14H,10-13,15H2/b9-6+. The molecule has 0 radical (unpaired) electrons. The van der Waals surface area contributed by atoms with Gasteiger partial charge in [0.2, 0.25) is 0 Å². The van der Waals surface area contributed by atoms with Crippen LogP contribution >= 0.6 is 23.2 Å². The minimum atomic E-state index is -0.555. The van der Waals surface area contributed by atoms with E-state index in [1.165, 1.54) is 6.08 Å². The van der Waals surface area contributed by atoms with Crippen molar-refractivity contribution in [2.45, 2.75) is 0 Å². The molecule has 0 bridgehead atoms. The van der Waals surface area contributed by atoms with E-state index < -0.39 is 5.97 Å². The molecule has 5 nitrogen and oxygen atoms in total. The lowest BCUT2D eigenvalue weighted by Gasteiger charge is -2.36. The van der Waals surface area contributed by atoms with Crippen molar-refractivity contribution in [2.75, 3.05) is 37.7 Å². The first-order chi connectivity index (χ1) is 13.5. The van der Waals surface area contributed by atoms with Crippen LogP contribution in [0, 0.1) is 0 Å². The van der Waals surface area contributed by atoms with Gasteiger partial charge >= 0.3 is 5.97 Å². The van der Waals surface area contributed by atoms with E-state index in [1.807, 2.05) is 24.3 Å². The molecule has 2 aromatic rings. The highest BCUT2D eigenvalue weighted by molar-refractivity contribution is 6.31. The molecule has 0 spiro atoms. The Morgan fingerprint density at radius 2 is 1.68 bits per heavy atom. The van der Waals surface area contributed by atoms with Crippen molar-refractivity contribution in [3.8, 4) is 0 Å². The largest absolute Gasteiger partial charge is 0.452 e. The van der Waals surface area contributed by atoms with E-state index in [2.05, 4.69) is 4.90 Å². The van der Waals surface area contributed by atoms with Crippen LogP contribution in [0.3, 0.4) is 0 Å². The second-order valence-corrected chi connectivity index (χ2v) is 7.21. The van der Waals surface area contributed by atoms with Gasteiger partial charge in [-0.3, -0.25) is 4.79 Å². The fourth-order valence-electron chi connectivity index (χ4n) is 2.90. The van der Waals surface area contributed by atoms with Crippen LogP contribution in [-0.4, -0.2) is 49.6 Å². The van der Waals surface area contributed by atoms with Gasteiger partial charge in [0.15, 0.2) is 6.61 Å². The summed E-state index contributed by atoms with van der Waals surface area (Å²) in [5, 5.41) is 1.32. The quantitative estimate of drug-likeness (QED) is 0.545. The normalized spacial score (nSPS) is 14.4. The number of rotatable bonds is 5. The summed E-state index contributed by atoms with van der Waals surface area (Å²) in [6.45, 7) is 2.29. The van der Waals surface area contributed by atoms with Crippen LogP contribution < -0.4 is 4.90 Å². The fraction of sp³-hybridized carbons (Fsp3) is 0.238. The van der Waals surface area contributed by atoms with Gasteiger partial charge in [-0.15, -0.1) is 0 Å². The predicted octanol–water partition coefficient (Wildman–Crippen LogP) is 3.90. The second kappa shape index (κ2) is 9.62. The van der Waals surface area contributed by atoms with Crippen LogP contribution in [0.1, 0.15) is 5.56 Å². The number of hydrogen-bond donors (Lipinski definition) is 0. The zero-order chi connectivity index (χ0) is 19.9. The predicted molar refractivity (Wildman–Crippen MR) is 112 cm³/mol. The summed E-state index contributed by atoms with van der Waals surface area (Å²) in [6.07, 6.45) is 2.92. The Kier molecular flexibility index (Phi) is 6.95. The lowest BCUT2D eigenvalue weighted by Crippen LogP contribution is -2.49. The molecule has 1 saturated heterocycles. The molecule has 0 aromatic heterocycles. The third-order valence-corrected chi connectivity index (χ3v) is 4.91. The van der Waals surface area contributed by atoms with Gasteiger partial charge in [0.1, 0.15) is 0 Å². The molecule has 1 aliphatic rings. The number of carbonyl (C=O) groups is 2. The van der Waals surface area contributed by atoms with Crippen molar-refractivity contribution in [2.24, 2.45) is 0 Å². The molecule has 3 rings (SSSR count). The molecule has 28 heavy (non-hydrogen) atoms. The Labute approximate surface area is 174 Å². The van der Waals surface area contributed by atoms with Crippen molar-refractivity contribution < 1.29 is 14.3 Å². The SMILES string of the molecule is O=C(/C=C/c1ccc(Cl)cc1)OCC(=O)N1CCN(c2cccc(Cl)c2)CC1. The molecule has 2 aromatic carbocycles. The molecule has 0 atom stereocenters. The fourth-order valence-corrected chi connectivity index (χ4v) is 3.21.